The van der Waals surface area contributed by atoms with Gasteiger partial charge in [-0.1, -0.05) is 24.3 Å². The van der Waals surface area contributed by atoms with Gasteiger partial charge in [0.05, 0.1) is 5.75 Å². The zero-order chi connectivity index (χ0) is 15.4. The third kappa shape index (κ3) is 6.16. The van der Waals surface area contributed by atoms with E-state index in [1.165, 1.54) is 0 Å². The Morgan fingerprint density at radius 2 is 1.65 bits per heavy atom. The van der Waals surface area contributed by atoms with Gasteiger partial charge in [-0.25, -0.2) is 8.42 Å². The van der Waals surface area contributed by atoms with Gasteiger partial charge < -0.3 is 10.5 Å². The molecule has 0 atom stereocenters. The van der Waals surface area contributed by atoms with Gasteiger partial charge in [-0.05, 0) is 31.9 Å². The smallest absolute Gasteiger partial charge is 0.321 e. The molecule has 1 aromatic rings. The second-order valence-electron chi connectivity index (χ2n) is 5.64. The molecule has 112 valence electrons. The molecule has 0 radical (unpaired) electrons. The summed E-state index contributed by atoms with van der Waals surface area (Å²) < 4.78 is 28.9. The summed E-state index contributed by atoms with van der Waals surface area (Å²) in [4.78, 5) is 11.5. The lowest BCUT2D eigenvalue weighted by Gasteiger charge is -2.19. The van der Waals surface area contributed by atoms with E-state index >= 15 is 0 Å². The van der Waals surface area contributed by atoms with Crippen molar-refractivity contribution in [2.45, 2.75) is 38.7 Å². The second-order valence-corrected chi connectivity index (χ2v) is 7.70. The molecule has 6 heteroatoms. The predicted octanol–water partition coefficient (Wildman–Crippen LogP) is 1.40. The van der Waals surface area contributed by atoms with E-state index in [0.717, 1.165) is 5.56 Å². The van der Waals surface area contributed by atoms with E-state index in [1.54, 1.807) is 45.0 Å². The van der Waals surface area contributed by atoms with Gasteiger partial charge in [0.15, 0.2) is 9.84 Å². The predicted molar refractivity (Wildman–Crippen MR) is 77.7 cm³/mol. The molecular formula is C14H21NO4S. The van der Waals surface area contributed by atoms with Crippen LogP contribution in [0.2, 0.25) is 0 Å². The minimum atomic E-state index is -3.53. The van der Waals surface area contributed by atoms with Crippen molar-refractivity contribution in [1.29, 1.82) is 0 Å². The first-order valence-electron chi connectivity index (χ1n) is 6.31. The molecule has 0 heterocycles. The van der Waals surface area contributed by atoms with Gasteiger partial charge in [-0.3, -0.25) is 4.79 Å². The Balaban J connectivity index is 2.67. The summed E-state index contributed by atoms with van der Waals surface area (Å²) in [5.74, 6) is -1.52. The molecule has 20 heavy (non-hydrogen) atoms. The summed E-state index contributed by atoms with van der Waals surface area (Å²) in [6.07, 6.45) is 0. The molecular weight excluding hydrogens is 278 g/mol. The molecule has 0 spiro atoms. The van der Waals surface area contributed by atoms with Crippen molar-refractivity contribution in [3.8, 4) is 0 Å². The highest BCUT2D eigenvalue weighted by atomic mass is 32.2. The molecule has 0 bridgehead atoms. The summed E-state index contributed by atoms with van der Waals surface area (Å²) in [5, 5.41) is 0. The molecule has 0 aliphatic rings. The molecule has 1 rings (SSSR count). The van der Waals surface area contributed by atoms with E-state index in [1.807, 2.05) is 0 Å². The number of carbonyl (C=O) groups is 1. The molecule has 0 saturated carbocycles. The number of ether oxygens (including phenoxy) is 1. The SMILES string of the molecule is CC(C)(C)OC(=O)CS(=O)(=O)Cc1ccc(CN)cc1. The fourth-order valence-electron chi connectivity index (χ4n) is 1.63. The molecule has 5 nitrogen and oxygen atoms in total. The number of nitrogens with two attached hydrogens (primary N) is 1. The van der Waals surface area contributed by atoms with E-state index in [9.17, 15) is 13.2 Å². The van der Waals surface area contributed by atoms with Crippen LogP contribution in [0.25, 0.3) is 0 Å². The minimum absolute atomic E-state index is 0.183. The standard InChI is InChI=1S/C14H21NO4S/c1-14(2,3)19-13(16)10-20(17,18)9-12-6-4-11(8-15)5-7-12/h4-7H,8-10,15H2,1-3H3. The maximum Gasteiger partial charge on any atom is 0.321 e. The lowest BCUT2D eigenvalue weighted by molar-refractivity contribution is -0.151. The number of rotatable bonds is 5. The fourth-order valence-corrected chi connectivity index (χ4v) is 2.85. The highest BCUT2D eigenvalue weighted by molar-refractivity contribution is 7.91. The summed E-state index contributed by atoms with van der Waals surface area (Å²) in [5.41, 5.74) is 6.35. The van der Waals surface area contributed by atoms with Crippen LogP contribution in [0.1, 0.15) is 31.9 Å². The van der Waals surface area contributed by atoms with Gasteiger partial charge in [0, 0.05) is 6.54 Å². The lowest BCUT2D eigenvalue weighted by atomic mass is 10.1. The number of esters is 1. The number of sulfone groups is 1. The van der Waals surface area contributed by atoms with E-state index in [-0.39, 0.29) is 5.75 Å². The number of carbonyl (C=O) groups excluding carboxylic acids is 1. The molecule has 1 aromatic carbocycles. The van der Waals surface area contributed by atoms with E-state index in [2.05, 4.69) is 0 Å². The van der Waals surface area contributed by atoms with Gasteiger partial charge in [0.25, 0.3) is 0 Å². The Labute approximate surface area is 120 Å². The second kappa shape index (κ2) is 6.37. The van der Waals surface area contributed by atoms with E-state index in [4.69, 9.17) is 10.5 Å². The lowest BCUT2D eigenvalue weighted by Crippen LogP contribution is -2.29. The van der Waals surface area contributed by atoms with E-state index in [0.29, 0.717) is 12.1 Å². The average Bonchev–Trinajstić information content (AvgIpc) is 2.25. The van der Waals surface area contributed by atoms with Crippen LogP contribution < -0.4 is 5.73 Å². The van der Waals surface area contributed by atoms with Gasteiger partial charge >= 0.3 is 5.97 Å². The average molecular weight is 299 g/mol. The van der Waals surface area contributed by atoms with E-state index < -0.39 is 27.2 Å². The molecule has 0 aliphatic carbocycles. The quantitative estimate of drug-likeness (QED) is 0.831. The van der Waals surface area contributed by atoms with Crippen molar-refractivity contribution >= 4 is 15.8 Å². The van der Waals surface area contributed by atoms with Crippen LogP contribution in [-0.4, -0.2) is 25.7 Å². The maximum absolute atomic E-state index is 11.9. The molecule has 0 unspecified atom stereocenters. The summed E-state index contributed by atoms with van der Waals surface area (Å²) in [6, 6.07) is 6.96. The first kappa shape index (κ1) is 16.7. The largest absolute Gasteiger partial charge is 0.459 e. The Morgan fingerprint density at radius 1 is 1.15 bits per heavy atom. The molecule has 0 aromatic heterocycles. The first-order chi connectivity index (χ1) is 9.11. The van der Waals surface area contributed by atoms with Crippen molar-refractivity contribution in [2.75, 3.05) is 5.75 Å². The van der Waals surface area contributed by atoms with Gasteiger partial charge in [-0.2, -0.15) is 0 Å². The normalized spacial score (nSPS) is 12.2. The highest BCUT2D eigenvalue weighted by Crippen LogP contribution is 2.11. The maximum atomic E-state index is 11.9. The van der Waals surface area contributed by atoms with Crippen LogP contribution in [0.5, 0.6) is 0 Å². The Hall–Kier alpha value is -1.40. The number of hydrogen-bond acceptors (Lipinski definition) is 5. The zero-order valence-electron chi connectivity index (χ0n) is 12.0. The van der Waals surface area contributed by atoms with Crippen molar-refractivity contribution in [1.82, 2.24) is 0 Å². The van der Waals surface area contributed by atoms with Crippen LogP contribution in [0, 0.1) is 0 Å². The zero-order valence-corrected chi connectivity index (χ0v) is 12.9. The number of hydrogen-bond donors (Lipinski definition) is 1. The molecule has 0 fully saturated rings. The Kier molecular flexibility index (Phi) is 5.30. The van der Waals surface area contributed by atoms with Crippen LogP contribution in [0.15, 0.2) is 24.3 Å². The van der Waals surface area contributed by atoms with Crippen molar-refractivity contribution < 1.29 is 17.9 Å². The minimum Gasteiger partial charge on any atom is -0.459 e. The Bertz CT molecular complexity index is 556. The van der Waals surface area contributed by atoms with Crippen LogP contribution in [-0.2, 0) is 31.7 Å². The summed E-state index contributed by atoms with van der Waals surface area (Å²) in [7, 11) is -3.53. The van der Waals surface area contributed by atoms with Crippen LogP contribution in [0.3, 0.4) is 0 Å². The van der Waals surface area contributed by atoms with Crippen molar-refractivity contribution in [3.05, 3.63) is 35.4 Å². The van der Waals surface area contributed by atoms with Gasteiger partial charge in [-0.15, -0.1) is 0 Å². The third-order valence-corrected chi connectivity index (χ3v) is 3.85. The van der Waals surface area contributed by atoms with Crippen molar-refractivity contribution in [3.63, 3.8) is 0 Å². The number of benzene rings is 1. The first-order valence-corrected chi connectivity index (χ1v) is 8.13. The molecule has 0 amide bonds. The highest BCUT2D eigenvalue weighted by Gasteiger charge is 2.23. The summed E-state index contributed by atoms with van der Waals surface area (Å²) >= 11 is 0. The van der Waals surface area contributed by atoms with Gasteiger partial charge in [0.2, 0.25) is 0 Å². The van der Waals surface area contributed by atoms with Crippen molar-refractivity contribution in [2.24, 2.45) is 5.73 Å². The molecule has 0 saturated heterocycles. The Morgan fingerprint density at radius 3 is 2.10 bits per heavy atom. The summed E-state index contributed by atoms with van der Waals surface area (Å²) in [6.45, 7) is 5.50. The fraction of sp³-hybridized carbons (Fsp3) is 0.500. The monoisotopic (exact) mass is 299 g/mol. The molecule has 2 N–H and O–H groups in total. The topological polar surface area (TPSA) is 86.5 Å². The van der Waals surface area contributed by atoms with Crippen LogP contribution in [0.4, 0.5) is 0 Å². The van der Waals surface area contributed by atoms with Gasteiger partial charge in [0.1, 0.15) is 11.4 Å². The molecule has 0 aliphatic heterocycles. The van der Waals surface area contributed by atoms with Crippen LogP contribution >= 0.6 is 0 Å². The third-order valence-electron chi connectivity index (χ3n) is 2.40.